The summed E-state index contributed by atoms with van der Waals surface area (Å²) in [6, 6.07) is 17.1. The Labute approximate surface area is 151 Å². The standard InChI is InChI=1S/C20H21N3O3/c21-16(10-13-6-2-1-3-7-13)19(24)23-18(20(25)26)12-15-11-14-8-4-5-9-17(14)22-15/h1-9,11,16,18,22H,10,12,21H2,(H,23,24)(H,25,26)/t16-,18-/m0/s1. The van der Waals surface area contributed by atoms with Crippen LogP contribution in [0.1, 0.15) is 11.3 Å². The van der Waals surface area contributed by atoms with E-state index < -0.39 is 24.0 Å². The minimum absolute atomic E-state index is 0.161. The van der Waals surface area contributed by atoms with Crippen LogP contribution in [0, 0.1) is 0 Å². The Morgan fingerprint density at radius 2 is 1.73 bits per heavy atom. The van der Waals surface area contributed by atoms with E-state index in [4.69, 9.17) is 5.73 Å². The Balaban J connectivity index is 1.65. The van der Waals surface area contributed by atoms with Gasteiger partial charge in [-0.2, -0.15) is 0 Å². The Hall–Kier alpha value is -3.12. The van der Waals surface area contributed by atoms with Crippen molar-refractivity contribution in [2.75, 3.05) is 0 Å². The summed E-state index contributed by atoms with van der Waals surface area (Å²) < 4.78 is 0. The number of H-pyrrole nitrogens is 1. The Morgan fingerprint density at radius 3 is 2.42 bits per heavy atom. The van der Waals surface area contributed by atoms with E-state index in [1.807, 2.05) is 60.7 Å². The van der Waals surface area contributed by atoms with Gasteiger partial charge < -0.3 is 21.1 Å². The van der Waals surface area contributed by atoms with Gasteiger partial charge in [-0.1, -0.05) is 48.5 Å². The molecule has 5 N–H and O–H groups in total. The molecule has 0 aliphatic carbocycles. The van der Waals surface area contributed by atoms with Crippen LogP contribution in [0.3, 0.4) is 0 Å². The van der Waals surface area contributed by atoms with E-state index in [2.05, 4.69) is 10.3 Å². The molecular weight excluding hydrogens is 330 g/mol. The Morgan fingerprint density at radius 1 is 1.04 bits per heavy atom. The van der Waals surface area contributed by atoms with Gasteiger partial charge in [-0.15, -0.1) is 0 Å². The van der Waals surface area contributed by atoms with Crippen molar-refractivity contribution < 1.29 is 14.7 Å². The summed E-state index contributed by atoms with van der Waals surface area (Å²) in [5, 5.41) is 13.0. The molecular formula is C20H21N3O3. The minimum Gasteiger partial charge on any atom is -0.480 e. The SMILES string of the molecule is N[C@@H](Cc1ccccc1)C(=O)N[C@@H](Cc1cc2ccccc2[nH]1)C(=O)O. The van der Waals surface area contributed by atoms with E-state index in [0.29, 0.717) is 6.42 Å². The first-order chi connectivity index (χ1) is 12.5. The summed E-state index contributed by atoms with van der Waals surface area (Å²) in [5.41, 5.74) is 8.54. The number of nitrogens with one attached hydrogen (secondary N) is 2. The Bertz CT molecular complexity index is 872. The number of para-hydroxylation sites is 1. The minimum atomic E-state index is -1.09. The van der Waals surface area contributed by atoms with Gasteiger partial charge in [0.05, 0.1) is 6.04 Å². The average molecular weight is 351 g/mol. The van der Waals surface area contributed by atoms with Crippen LogP contribution in [-0.4, -0.2) is 34.1 Å². The highest BCUT2D eigenvalue weighted by Crippen LogP contribution is 2.16. The number of carbonyl (C=O) groups excluding carboxylic acids is 1. The number of aromatic amines is 1. The number of amides is 1. The number of hydrogen-bond donors (Lipinski definition) is 4. The molecule has 0 bridgehead atoms. The molecule has 6 heteroatoms. The summed E-state index contributed by atoms with van der Waals surface area (Å²) >= 11 is 0. The van der Waals surface area contributed by atoms with E-state index in [1.54, 1.807) is 0 Å². The van der Waals surface area contributed by atoms with Crippen molar-refractivity contribution in [2.24, 2.45) is 5.73 Å². The summed E-state index contributed by atoms with van der Waals surface area (Å²) in [5.74, 6) is -1.57. The normalized spacial score (nSPS) is 13.3. The molecule has 6 nitrogen and oxygen atoms in total. The van der Waals surface area contributed by atoms with Gasteiger partial charge in [0.15, 0.2) is 0 Å². The smallest absolute Gasteiger partial charge is 0.326 e. The summed E-state index contributed by atoms with van der Waals surface area (Å²) in [6.07, 6.45) is 0.513. The van der Waals surface area contributed by atoms with Crippen molar-refractivity contribution in [3.63, 3.8) is 0 Å². The molecule has 2 atom stereocenters. The highest BCUT2D eigenvalue weighted by Gasteiger charge is 2.24. The third-order valence-electron chi connectivity index (χ3n) is 4.26. The number of aliphatic carboxylic acids is 1. The molecule has 0 radical (unpaired) electrons. The molecule has 1 amide bonds. The fourth-order valence-corrected chi connectivity index (χ4v) is 2.90. The summed E-state index contributed by atoms with van der Waals surface area (Å²) in [7, 11) is 0. The zero-order chi connectivity index (χ0) is 18.5. The molecule has 1 heterocycles. The molecule has 0 saturated carbocycles. The fraction of sp³-hybridized carbons (Fsp3) is 0.200. The van der Waals surface area contributed by atoms with Crippen molar-refractivity contribution in [3.05, 3.63) is 71.9 Å². The average Bonchev–Trinajstić information content (AvgIpc) is 3.04. The number of rotatable bonds is 7. The van der Waals surface area contributed by atoms with Gasteiger partial charge in [0.1, 0.15) is 6.04 Å². The third-order valence-corrected chi connectivity index (χ3v) is 4.26. The van der Waals surface area contributed by atoms with Crippen molar-refractivity contribution in [2.45, 2.75) is 24.9 Å². The van der Waals surface area contributed by atoms with Gasteiger partial charge in [-0.05, 0) is 29.5 Å². The molecule has 3 rings (SSSR count). The van der Waals surface area contributed by atoms with Gasteiger partial charge in [0.25, 0.3) is 0 Å². The highest BCUT2D eigenvalue weighted by molar-refractivity contribution is 5.87. The van der Waals surface area contributed by atoms with E-state index in [1.165, 1.54) is 0 Å². The Kier molecular flexibility index (Phi) is 5.34. The first-order valence-corrected chi connectivity index (χ1v) is 8.42. The lowest BCUT2D eigenvalue weighted by molar-refractivity contribution is -0.142. The summed E-state index contributed by atoms with van der Waals surface area (Å²) in [6.45, 7) is 0. The lowest BCUT2D eigenvalue weighted by atomic mass is 10.1. The van der Waals surface area contributed by atoms with E-state index in [-0.39, 0.29) is 6.42 Å². The number of carboxylic acids is 1. The van der Waals surface area contributed by atoms with Gasteiger partial charge in [0, 0.05) is 17.6 Å². The second-order valence-corrected chi connectivity index (χ2v) is 6.28. The molecule has 0 unspecified atom stereocenters. The molecule has 3 aromatic rings. The first kappa shape index (κ1) is 17.7. The number of aromatic nitrogens is 1. The van der Waals surface area contributed by atoms with Crippen LogP contribution in [0.25, 0.3) is 10.9 Å². The molecule has 0 aliphatic rings. The topological polar surface area (TPSA) is 108 Å². The molecule has 0 fully saturated rings. The number of carboxylic acid groups (broad SMARTS) is 1. The molecule has 0 aliphatic heterocycles. The lowest BCUT2D eigenvalue weighted by Gasteiger charge is -2.17. The molecule has 134 valence electrons. The van der Waals surface area contributed by atoms with Gasteiger partial charge in [0.2, 0.25) is 5.91 Å². The molecule has 0 saturated heterocycles. The quantitative estimate of drug-likeness (QED) is 0.521. The zero-order valence-corrected chi connectivity index (χ0v) is 14.2. The van der Waals surface area contributed by atoms with E-state index in [9.17, 15) is 14.7 Å². The first-order valence-electron chi connectivity index (χ1n) is 8.42. The second-order valence-electron chi connectivity index (χ2n) is 6.28. The van der Waals surface area contributed by atoms with E-state index in [0.717, 1.165) is 22.2 Å². The molecule has 1 aromatic heterocycles. The van der Waals surface area contributed by atoms with Crippen LogP contribution < -0.4 is 11.1 Å². The highest BCUT2D eigenvalue weighted by atomic mass is 16.4. The largest absolute Gasteiger partial charge is 0.480 e. The fourth-order valence-electron chi connectivity index (χ4n) is 2.90. The summed E-state index contributed by atoms with van der Waals surface area (Å²) in [4.78, 5) is 27.1. The lowest BCUT2D eigenvalue weighted by Crippen LogP contribution is -2.50. The maximum atomic E-state index is 12.3. The third kappa shape index (κ3) is 4.29. The van der Waals surface area contributed by atoms with Crippen molar-refractivity contribution in [1.29, 1.82) is 0 Å². The van der Waals surface area contributed by atoms with Crippen molar-refractivity contribution >= 4 is 22.8 Å². The predicted octanol–water partition coefficient (Wildman–Crippen LogP) is 1.85. The van der Waals surface area contributed by atoms with Crippen LogP contribution in [0.15, 0.2) is 60.7 Å². The van der Waals surface area contributed by atoms with Gasteiger partial charge >= 0.3 is 5.97 Å². The second kappa shape index (κ2) is 7.84. The van der Waals surface area contributed by atoms with Crippen molar-refractivity contribution in [1.82, 2.24) is 10.3 Å². The number of carbonyl (C=O) groups is 2. The number of benzene rings is 2. The number of fused-ring (bicyclic) bond motifs is 1. The number of hydrogen-bond acceptors (Lipinski definition) is 3. The van der Waals surface area contributed by atoms with Crippen LogP contribution in [0.5, 0.6) is 0 Å². The van der Waals surface area contributed by atoms with Gasteiger partial charge in [-0.25, -0.2) is 4.79 Å². The zero-order valence-electron chi connectivity index (χ0n) is 14.2. The van der Waals surface area contributed by atoms with Crippen LogP contribution in [0.4, 0.5) is 0 Å². The van der Waals surface area contributed by atoms with Gasteiger partial charge in [-0.3, -0.25) is 4.79 Å². The van der Waals surface area contributed by atoms with E-state index >= 15 is 0 Å². The monoisotopic (exact) mass is 351 g/mol. The predicted molar refractivity (Wildman–Crippen MR) is 99.7 cm³/mol. The molecule has 2 aromatic carbocycles. The molecule has 26 heavy (non-hydrogen) atoms. The maximum absolute atomic E-state index is 12.3. The van der Waals surface area contributed by atoms with Crippen LogP contribution in [0.2, 0.25) is 0 Å². The number of nitrogens with two attached hydrogens (primary N) is 1. The molecule has 0 spiro atoms. The van der Waals surface area contributed by atoms with Crippen molar-refractivity contribution in [3.8, 4) is 0 Å². The maximum Gasteiger partial charge on any atom is 0.326 e. The van der Waals surface area contributed by atoms with Crippen LogP contribution >= 0.6 is 0 Å². The van der Waals surface area contributed by atoms with Crippen LogP contribution in [-0.2, 0) is 22.4 Å².